The van der Waals surface area contributed by atoms with Crippen molar-refractivity contribution >= 4 is 5.96 Å². The molecule has 24 heavy (non-hydrogen) atoms. The van der Waals surface area contributed by atoms with Crippen LogP contribution in [0.4, 0.5) is 0 Å². The molecule has 1 heterocycles. The number of ether oxygens (including phenoxy) is 1. The van der Waals surface area contributed by atoms with Gasteiger partial charge in [0.05, 0.1) is 19.3 Å². The molecule has 5 nitrogen and oxygen atoms in total. The van der Waals surface area contributed by atoms with E-state index in [1.165, 1.54) is 5.56 Å². The maximum atomic E-state index is 5.38. The van der Waals surface area contributed by atoms with Gasteiger partial charge in [-0.1, -0.05) is 24.3 Å². The van der Waals surface area contributed by atoms with Crippen LogP contribution >= 0.6 is 0 Å². The van der Waals surface area contributed by atoms with Crippen LogP contribution in [-0.4, -0.2) is 31.1 Å². The number of nitrogens with one attached hydrogen (secondary N) is 2. The van der Waals surface area contributed by atoms with Crippen molar-refractivity contribution in [2.24, 2.45) is 4.99 Å². The lowest BCUT2D eigenvalue weighted by Gasteiger charge is -2.12. The molecule has 0 spiro atoms. The van der Waals surface area contributed by atoms with E-state index in [-0.39, 0.29) is 0 Å². The number of rotatable bonds is 7. The Morgan fingerprint density at radius 2 is 1.96 bits per heavy atom. The fourth-order valence-corrected chi connectivity index (χ4v) is 2.41. The van der Waals surface area contributed by atoms with Gasteiger partial charge in [0.25, 0.3) is 0 Å². The van der Waals surface area contributed by atoms with Gasteiger partial charge in [-0.3, -0.25) is 4.98 Å². The summed E-state index contributed by atoms with van der Waals surface area (Å²) in [6.07, 6.45) is 0.872. The number of nitrogens with zero attached hydrogens (tertiary/aromatic N) is 2. The zero-order valence-electron chi connectivity index (χ0n) is 14.7. The molecule has 0 aliphatic heterocycles. The van der Waals surface area contributed by atoms with E-state index in [2.05, 4.69) is 33.6 Å². The first-order valence-electron chi connectivity index (χ1n) is 8.29. The SMILES string of the molecule is CCNC(=NCc1cccc(C)n1)NCCc1ccccc1OC. The predicted octanol–water partition coefficient (Wildman–Crippen LogP) is 2.70. The molecule has 0 saturated heterocycles. The lowest BCUT2D eigenvalue weighted by atomic mass is 10.1. The summed E-state index contributed by atoms with van der Waals surface area (Å²) < 4.78 is 5.38. The molecular weight excluding hydrogens is 300 g/mol. The molecule has 0 aliphatic carbocycles. The van der Waals surface area contributed by atoms with Crippen LogP contribution in [0.3, 0.4) is 0 Å². The summed E-state index contributed by atoms with van der Waals surface area (Å²) in [7, 11) is 1.70. The summed E-state index contributed by atoms with van der Waals surface area (Å²) in [5.41, 5.74) is 3.16. The Bertz CT molecular complexity index is 670. The van der Waals surface area contributed by atoms with Crippen molar-refractivity contribution in [3.63, 3.8) is 0 Å². The van der Waals surface area contributed by atoms with Crippen LogP contribution in [0.1, 0.15) is 23.9 Å². The number of hydrogen-bond donors (Lipinski definition) is 2. The molecule has 2 rings (SSSR count). The zero-order chi connectivity index (χ0) is 17.2. The molecule has 1 aromatic heterocycles. The van der Waals surface area contributed by atoms with Crippen molar-refractivity contribution in [2.75, 3.05) is 20.2 Å². The van der Waals surface area contributed by atoms with Gasteiger partial charge < -0.3 is 15.4 Å². The molecule has 0 radical (unpaired) electrons. The molecule has 2 N–H and O–H groups in total. The third-order valence-electron chi connectivity index (χ3n) is 3.57. The van der Waals surface area contributed by atoms with Crippen LogP contribution in [0.5, 0.6) is 5.75 Å². The first kappa shape index (κ1) is 17.8. The van der Waals surface area contributed by atoms with Gasteiger partial charge in [0.2, 0.25) is 0 Å². The van der Waals surface area contributed by atoms with Crippen molar-refractivity contribution in [1.29, 1.82) is 0 Å². The molecular formula is C19H26N4O. The molecule has 0 unspecified atom stereocenters. The molecule has 0 bridgehead atoms. The molecule has 0 amide bonds. The van der Waals surface area contributed by atoms with E-state index in [1.54, 1.807) is 7.11 Å². The Hall–Kier alpha value is -2.56. The number of para-hydroxylation sites is 1. The lowest BCUT2D eigenvalue weighted by Crippen LogP contribution is -2.38. The number of guanidine groups is 1. The Morgan fingerprint density at radius 1 is 1.12 bits per heavy atom. The molecule has 128 valence electrons. The standard InChI is InChI=1S/C19H26N4O/c1-4-20-19(22-14-17-10-7-8-15(2)23-17)21-13-12-16-9-5-6-11-18(16)24-3/h5-11H,4,12-14H2,1-3H3,(H2,20,21,22). The summed E-state index contributed by atoms with van der Waals surface area (Å²) in [6, 6.07) is 14.1. The van der Waals surface area contributed by atoms with Gasteiger partial charge in [-0.15, -0.1) is 0 Å². The van der Waals surface area contributed by atoms with E-state index in [1.807, 2.05) is 43.3 Å². The first-order chi connectivity index (χ1) is 11.7. The Morgan fingerprint density at radius 3 is 2.71 bits per heavy atom. The molecule has 5 heteroatoms. The number of hydrogen-bond acceptors (Lipinski definition) is 3. The molecule has 2 aromatic rings. The lowest BCUT2D eigenvalue weighted by molar-refractivity contribution is 0.409. The first-order valence-corrected chi connectivity index (χ1v) is 8.29. The number of benzene rings is 1. The third kappa shape index (κ3) is 5.57. The van der Waals surface area contributed by atoms with E-state index in [0.717, 1.165) is 42.6 Å². The van der Waals surface area contributed by atoms with Crippen molar-refractivity contribution in [1.82, 2.24) is 15.6 Å². The van der Waals surface area contributed by atoms with Crippen molar-refractivity contribution < 1.29 is 4.74 Å². The minimum absolute atomic E-state index is 0.561. The Kier molecular flexibility index (Phi) is 7.08. The summed E-state index contributed by atoms with van der Waals surface area (Å²) in [4.78, 5) is 9.08. The third-order valence-corrected chi connectivity index (χ3v) is 3.57. The van der Waals surface area contributed by atoms with Gasteiger partial charge in [0.1, 0.15) is 5.75 Å². The molecule has 0 fully saturated rings. The van der Waals surface area contributed by atoms with E-state index in [0.29, 0.717) is 6.54 Å². The summed E-state index contributed by atoms with van der Waals surface area (Å²) >= 11 is 0. The normalized spacial score (nSPS) is 11.2. The fourth-order valence-electron chi connectivity index (χ4n) is 2.41. The number of aliphatic imine (C=N–C) groups is 1. The summed E-state index contributed by atoms with van der Waals surface area (Å²) in [5.74, 6) is 1.72. The monoisotopic (exact) mass is 326 g/mol. The molecule has 1 aromatic carbocycles. The smallest absolute Gasteiger partial charge is 0.191 e. The van der Waals surface area contributed by atoms with E-state index in [4.69, 9.17) is 4.74 Å². The minimum atomic E-state index is 0.561. The highest BCUT2D eigenvalue weighted by Gasteiger charge is 2.03. The summed E-state index contributed by atoms with van der Waals surface area (Å²) in [5, 5.41) is 6.62. The highest BCUT2D eigenvalue weighted by Crippen LogP contribution is 2.17. The average molecular weight is 326 g/mol. The van der Waals surface area contributed by atoms with Crippen molar-refractivity contribution in [2.45, 2.75) is 26.8 Å². The second-order valence-corrected chi connectivity index (χ2v) is 5.45. The fraction of sp³-hybridized carbons (Fsp3) is 0.368. The van der Waals surface area contributed by atoms with Crippen molar-refractivity contribution in [3.8, 4) is 5.75 Å². The van der Waals surface area contributed by atoms with Crippen LogP contribution in [0.2, 0.25) is 0 Å². The maximum absolute atomic E-state index is 5.38. The highest BCUT2D eigenvalue weighted by atomic mass is 16.5. The highest BCUT2D eigenvalue weighted by molar-refractivity contribution is 5.79. The quantitative estimate of drug-likeness (QED) is 0.607. The molecule has 0 atom stereocenters. The number of methoxy groups -OCH3 is 1. The van der Waals surface area contributed by atoms with Gasteiger partial charge in [-0.25, -0.2) is 4.99 Å². The van der Waals surface area contributed by atoms with Gasteiger partial charge in [0, 0.05) is 18.8 Å². The van der Waals surface area contributed by atoms with Crippen LogP contribution < -0.4 is 15.4 Å². The van der Waals surface area contributed by atoms with E-state index in [9.17, 15) is 0 Å². The second kappa shape index (κ2) is 9.55. The van der Waals surface area contributed by atoms with Crippen LogP contribution in [0.25, 0.3) is 0 Å². The van der Waals surface area contributed by atoms with Gasteiger partial charge in [-0.2, -0.15) is 0 Å². The van der Waals surface area contributed by atoms with Crippen LogP contribution in [-0.2, 0) is 13.0 Å². The summed E-state index contributed by atoms with van der Waals surface area (Å²) in [6.45, 7) is 6.22. The molecule has 0 saturated carbocycles. The van der Waals surface area contributed by atoms with Gasteiger partial charge in [0.15, 0.2) is 5.96 Å². The van der Waals surface area contributed by atoms with Gasteiger partial charge in [-0.05, 0) is 44.0 Å². The minimum Gasteiger partial charge on any atom is -0.496 e. The largest absolute Gasteiger partial charge is 0.496 e. The number of aromatic nitrogens is 1. The number of pyridine rings is 1. The Labute approximate surface area is 144 Å². The molecule has 0 aliphatic rings. The van der Waals surface area contributed by atoms with Crippen LogP contribution in [0, 0.1) is 6.92 Å². The topological polar surface area (TPSA) is 58.5 Å². The van der Waals surface area contributed by atoms with E-state index < -0.39 is 0 Å². The van der Waals surface area contributed by atoms with Gasteiger partial charge >= 0.3 is 0 Å². The van der Waals surface area contributed by atoms with E-state index >= 15 is 0 Å². The Balaban J connectivity index is 1.92. The van der Waals surface area contributed by atoms with Crippen molar-refractivity contribution in [3.05, 3.63) is 59.4 Å². The maximum Gasteiger partial charge on any atom is 0.191 e. The zero-order valence-corrected chi connectivity index (χ0v) is 14.7. The number of aryl methyl sites for hydroxylation is 1. The average Bonchev–Trinajstić information content (AvgIpc) is 2.60. The second-order valence-electron chi connectivity index (χ2n) is 5.45. The predicted molar refractivity (Wildman–Crippen MR) is 98.5 cm³/mol. The van der Waals surface area contributed by atoms with Crippen LogP contribution in [0.15, 0.2) is 47.5 Å².